The summed E-state index contributed by atoms with van der Waals surface area (Å²) < 4.78 is 26.3. The van der Waals surface area contributed by atoms with Gasteiger partial charge >= 0.3 is 0 Å². The maximum atomic E-state index is 12.4. The molecule has 0 unspecified atom stereocenters. The van der Waals surface area contributed by atoms with Crippen LogP contribution in [-0.2, 0) is 10.0 Å². The topological polar surface area (TPSA) is 92.4 Å². The number of rotatable bonds is 4. The smallest absolute Gasteiger partial charge is 0.246 e. The number of nitrogens with zero attached hydrogens (tertiary/aromatic N) is 4. The van der Waals surface area contributed by atoms with Gasteiger partial charge in [0.05, 0.1) is 12.4 Å². The van der Waals surface area contributed by atoms with Gasteiger partial charge in [-0.3, -0.25) is 0 Å². The molecule has 20 heavy (non-hydrogen) atoms. The number of hydrogen-bond acceptors (Lipinski definition) is 6. The van der Waals surface area contributed by atoms with E-state index in [4.69, 9.17) is 5.73 Å². The van der Waals surface area contributed by atoms with E-state index in [1.165, 1.54) is 16.7 Å². The molecule has 0 bridgehead atoms. The highest BCUT2D eigenvalue weighted by molar-refractivity contribution is 7.89. The number of nitrogens with two attached hydrogens (primary N) is 1. The van der Waals surface area contributed by atoms with Gasteiger partial charge in [0.25, 0.3) is 0 Å². The van der Waals surface area contributed by atoms with E-state index in [1.807, 2.05) is 0 Å². The Morgan fingerprint density at radius 3 is 2.25 bits per heavy atom. The van der Waals surface area contributed by atoms with E-state index in [0.29, 0.717) is 19.0 Å². The second kappa shape index (κ2) is 6.02. The minimum Gasteiger partial charge on any atom is -0.368 e. The first-order valence-corrected chi connectivity index (χ1v) is 8.13. The molecule has 112 valence electrons. The lowest BCUT2D eigenvalue weighted by Gasteiger charge is -2.34. The predicted molar refractivity (Wildman–Crippen MR) is 76.5 cm³/mol. The van der Waals surface area contributed by atoms with Gasteiger partial charge in [-0.2, -0.15) is 4.31 Å². The molecule has 0 saturated carbocycles. The lowest BCUT2D eigenvalue weighted by Crippen LogP contribution is -2.49. The average molecular weight is 299 g/mol. The van der Waals surface area contributed by atoms with E-state index in [-0.39, 0.29) is 10.8 Å². The molecule has 2 rings (SSSR count). The van der Waals surface area contributed by atoms with Crippen molar-refractivity contribution in [2.24, 2.45) is 5.92 Å². The van der Waals surface area contributed by atoms with Crippen LogP contribution in [-0.4, -0.2) is 60.3 Å². The molecule has 8 heteroatoms. The first-order chi connectivity index (χ1) is 9.39. The summed E-state index contributed by atoms with van der Waals surface area (Å²) in [5.74, 6) is 0.661. The van der Waals surface area contributed by atoms with E-state index in [1.54, 1.807) is 0 Å². The molecular weight excluding hydrogens is 278 g/mol. The zero-order valence-electron chi connectivity index (χ0n) is 11.9. The Labute approximate surface area is 119 Å². The van der Waals surface area contributed by atoms with Gasteiger partial charge in [0.15, 0.2) is 0 Å². The van der Waals surface area contributed by atoms with Crippen molar-refractivity contribution in [2.45, 2.75) is 18.7 Å². The van der Waals surface area contributed by atoms with E-state index in [9.17, 15) is 8.42 Å². The second-order valence-electron chi connectivity index (χ2n) is 5.38. The van der Waals surface area contributed by atoms with Gasteiger partial charge in [0, 0.05) is 32.7 Å². The fourth-order valence-electron chi connectivity index (χ4n) is 2.28. The Balaban J connectivity index is 2.04. The summed E-state index contributed by atoms with van der Waals surface area (Å²) in [6.45, 7) is 7.84. The highest BCUT2D eigenvalue weighted by atomic mass is 32.2. The predicted octanol–water partition coefficient (Wildman–Crippen LogP) is 0.0211. The van der Waals surface area contributed by atoms with E-state index < -0.39 is 10.0 Å². The Kier molecular flexibility index (Phi) is 4.56. The van der Waals surface area contributed by atoms with E-state index in [2.05, 4.69) is 28.7 Å². The molecule has 0 spiro atoms. The molecule has 0 aromatic carbocycles. The SMILES string of the molecule is CC(C)CN1CCN(S(=O)(=O)c2cnc(N)nc2)CC1. The summed E-state index contributed by atoms with van der Waals surface area (Å²) in [7, 11) is -3.50. The molecule has 0 amide bonds. The van der Waals surface area contributed by atoms with Crippen LogP contribution >= 0.6 is 0 Å². The number of nitrogen functional groups attached to an aromatic ring is 1. The van der Waals surface area contributed by atoms with Crippen molar-refractivity contribution in [1.29, 1.82) is 0 Å². The Bertz CT molecular complexity index is 535. The highest BCUT2D eigenvalue weighted by Crippen LogP contribution is 2.16. The molecule has 1 aliphatic heterocycles. The van der Waals surface area contributed by atoms with Crippen LogP contribution in [0.15, 0.2) is 17.3 Å². The number of anilines is 1. The lowest BCUT2D eigenvalue weighted by molar-refractivity contribution is 0.172. The first-order valence-electron chi connectivity index (χ1n) is 6.69. The van der Waals surface area contributed by atoms with Gasteiger partial charge in [-0.15, -0.1) is 0 Å². The largest absolute Gasteiger partial charge is 0.368 e. The Hall–Kier alpha value is -1.25. The number of aromatic nitrogens is 2. The third-order valence-corrected chi connectivity index (χ3v) is 5.09. The number of sulfonamides is 1. The summed E-state index contributed by atoms with van der Waals surface area (Å²) in [5.41, 5.74) is 5.38. The lowest BCUT2D eigenvalue weighted by atomic mass is 10.2. The monoisotopic (exact) mass is 299 g/mol. The van der Waals surface area contributed by atoms with Crippen molar-refractivity contribution in [2.75, 3.05) is 38.5 Å². The van der Waals surface area contributed by atoms with E-state index in [0.717, 1.165) is 19.6 Å². The molecule has 1 saturated heterocycles. The molecule has 0 atom stereocenters. The zero-order valence-corrected chi connectivity index (χ0v) is 12.7. The first kappa shape index (κ1) is 15.1. The van der Waals surface area contributed by atoms with Crippen molar-refractivity contribution in [3.05, 3.63) is 12.4 Å². The maximum Gasteiger partial charge on any atom is 0.246 e. The summed E-state index contributed by atoms with van der Waals surface area (Å²) >= 11 is 0. The van der Waals surface area contributed by atoms with Gasteiger partial charge in [0.2, 0.25) is 16.0 Å². The molecule has 1 aliphatic rings. The Morgan fingerprint density at radius 1 is 1.20 bits per heavy atom. The summed E-state index contributed by atoms with van der Waals surface area (Å²) in [5, 5.41) is 0. The molecule has 0 radical (unpaired) electrons. The third kappa shape index (κ3) is 3.44. The van der Waals surface area contributed by atoms with Gasteiger partial charge in [-0.05, 0) is 5.92 Å². The zero-order chi connectivity index (χ0) is 14.8. The van der Waals surface area contributed by atoms with Crippen LogP contribution in [0.1, 0.15) is 13.8 Å². The quantitative estimate of drug-likeness (QED) is 0.842. The van der Waals surface area contributed by atoms with Crippen LogP contribution in [0.25, 0.3) is 0 Å². The molecular formula is C12H21N5O2S. The molecule has 0 aliphatic carbocycles. The van der Waals surface area contributed by atoms with Crippen molar-refractivity contribution >= 4 is 16.0 Å². The van der Waals surface area contributed by atoms with Crippen LogP contribution < -0.4 is 5.73 Å². The standard InChI is InChI=1S/C12H21N5O2S/c1-10(2)9-16-3-5-17(6-4-16)20(18,19)11-7-14-12(13)15-8-11/h7-8,10H,3-6,9H2,1-2H3,(H2,13,14,15). The second-order valence-corrected chi connectivity index (χ2v) is 7.31. The summed E-state index contributed by atoms with van der Waals surface area (Å²) in [6.07, 6.45) is 2.52. The van der Waals surface area contributed by atoms with Gasteiger partial charge in [0.1, 0.15) is 4.90 Å². The molecule has 1 aromatic rings. The van der Waals surface area contributed by atoms with Crippen molar-refractivity contribution in [3.63, 3.8) is 0 Å². The average Bonchev–Trinajstić information content (AvgIpc) is 2.39. The van der Waals surface area contributed by atoms with Crippen LogP contribution in [0, 0.1) is 5.92 Å². The summed E-state index contributed by atoms with van der Waals surface area (Å²) in [4.78, 5) is 9.88. The van der Waals surface area contributed by atoms with Crippen LogP contribution in [0.5, 0.6) is 0 Å². The molecule has 2 N–H and O–H groups in total. The van der Waals surface area contributed by atoms with Crippen molar-refractivity contribution < 1.29 is 8.42 Å². The Morgan fingerprint density at radius 2 is 1.75 bits per heavy atom. The fraction of sp³-hybridized carbons (Fsp3) is 0.667. The van der Waals surface area contributed by atoms with E-state index >= 15 is 0 Å². The van der Waals surface area contributed by atoms with Crippen LogP contribution in [0.4, 0.5) is 5.95 Å². The van der Waals surface area contributed by atoms with Crippen LogP contribution in [0.3, 0.4) is 0 Å². The maximum absolute atomic E-state index is 12.4. The molecule has 7 nitrogen and oxygen atoms in total. The van der Waals surface area contributed by atoms with Gasteiger partial charge in [-0.1, -0.05) is 13.8 Å². The number of piperazine rings is 1. The minimum atomic E-state index is -3.50. The fourth-order valence-corrected chi connectivity index (χ4v) is 3.59. The highest BCUT2D eigenvalue weighted by Gasteiger charge is 2.29. The van der Waals surface area contributed by atoms with Crippen LogP contribution in [0.2, 0.25) is 0 Å². The molecule has 1 aromatic heterocycles. The van der Waals surface area contributed by atoms with Gasteiger partial charge in [-0.25, -0.2) is 18.4 Å². The molecule has 2 heterocycles. The molecule has 1 fully saturated rings. The summed E-state index contributed by atoms with van der Waals surface area (Å²) in [6, 6.07) is 0. The van der Waals surface area contributed by atoms with Crippen molar-refractivity contribution in [1.82, 2.24) is 19.2 Å². The minimum absolute atomic E-state index is 0.0747. The van der Waals surface area contributed by atoms with Crippen molar-refractivity contribution in [3.8, 4) is 0 Å². The normalized spacial score (nSPS) is 18.6. The number of hydrogen-bond donors (Lipinski definition) is 1. The van der Waals surface area contributed by atoms with Gasteiger partial charge < -0.3 is 10.6 Å². The third-order valence-electron chi connectivity index (χ3n) is 3.24.